The van der Waals surface area contributed by atoms with Gasteiger partial charge < -0.3 is 10.0 Å². The van der Waals surface area contributed by atoms with Crippen molar-refractivity contribution in [1.29, 1.82) is 5.26 Å². The molecule has 1 unspecified atom stereocenters. The van der Waals surface area contributed by atoms with E-state index in [9.17, 15) is 28.3 Å². The van der Waals surface area contributed by atoms with Gasteiger partial charge in [0.2, 0.25) is 0 Å². The van der Waals surface area contributed by atoms with Crippen molar-refractivity contribution in [3.63, 3.8) is 0 Å². The summed E-state index contributed by atoms with van der Waals surface area (Å²) in [5.41, 5.74) is 0.652. The molecule has 3 rings (SSSR count). The third-order valence-corrected chi connectivity index (χ3v) is 6.40. The van der Waals surface area contributed by atoms with Gasteiger partial charge in [0.25, 0.3) is 0 Å². The van der Waals surface area contributed by atoms with Crippen LogP contribution in [0.25, 0.3) is 10.8 Å². The van der Waals surface area contributed by atoms with Crippen LogP contribution < -0.4 is 4.90 Å². The van der Waals surface area contributed by atoms with Gasteiger partial charge in [-0.1, -0.05) is 37.6 Å². The number of unbranched alkanes of at least 4 members (excludes halogenated alkanes) is 1. The zero-order valence-electron chi connectivity index (χ0n) is 20.6. The van der Waals surface area contributed by atoms with Crippen LogP contribution in [0.2, 0.25) is 0 Å². The number of hydrogen-bond acceptors (Lipinski definition) is 3. The number of rotatable bonds is 9. The van der Waals surface area contributed by atoms with Crippen molar-refractivity contribution in [3.8, 4) is 6.07 Å². The topological polar surface area (TPSA) is 67.6 Å². The second-order valence-corrected chi connectivity index (χ2v) is 8.80. The first-order valence-electron chi connectivity index (χ1n) is 12.0. The van der Waals surface area contributed by atoms with Crippen LogP contribution in [0.15, 0.2) is 54.6 Å². The number of fused-ring (bicyclic) bond motifs is 1. The van der Waals surface area contributed by atoms with Crippen molar-refractivity contribution >= 4 is 22.6 Å². The molecule has 0 heterocycles. The van der Waals surface area contributed by atoms with Gasteiger partial charge in [0.05, 0.1) is 29.8 Å². The Morgan fingerprint density at radius 1 is 1.08 bits per heavy atom. The van der Waals surface area contributed by atoms with Crippen LogP contribution in [0.1, 0.15) is 61.9 Å². The second-order valence-electron chi connectivity index (χ2n) is 8.80. The quantitative estimate of drug-likeness (QED) is 0.331. The van der Waals surface area contributed by atoms with E-state index in [2.05, 4.69) is 11.8 Å². The van der Waals surface area contributed by atoms with Crippen LogP contribution in [0, 0.1) is 11.3 Å². The molecule has 190 valence electrons. The van der Waals surface area contributed by atoms with Gasteiger partial charge in [-0.3, -0.25) is 4.90 Å². The van der Waals surface area contributed by atoms with Gasteiger partial charge in [-0.05, 0) is 72.5 Å². The molecule has 1 N–H and O–H groups in total. The first-order valence-corrected chi connectivity index (χ1v) is 12.0. The lowest BCUT2D eigenvalue weighted by molar-refractivity contribution is -0.137. The van der Waals surface area contributed by atoms with Gasteiger partial charge in [0.15, 0.2) is 0 Å². The lowest BCUT2D eigenvalue weighted by atomic mass is 9.99. The molecule has 0 spiro atoms. The van der Waals surface area contributed by atoms with Gasteiger partial charge in [-0.2, -0.15) is 18.4 Å². The van der Waals surface area contributed by atoms with E-state index < -0.39 is 23.9 Å². The summed E-state index contributed by atoms with van der Waals surface area (Å²) in [6.07, 6.45) is -3.93. The van der Waals surface area contributed by atoms with Crippen LogP contribution in [0.4, 0.5) is 23.7 Å². The Bertz CT molecular complexity index is 1270. The Morgan fingerprint density at radius 2 is 1.75 bits per heavy atom. The highest BCUT2D eigenvalue weighted by molar-refractivity contribution is 5.87. The molecule has 0 bridgehead atoms. The Labute approximate surface area is 209 Å². The summed E-state index contributed by atoms with van der Waals surface area (Å²) >= 11 is 0. The van der Waals surface area contributed by atoms with E-state index >= 15 is 0 Å². The van der Waals surface area contributed by atoms with Crippen molar-refractivity contribution in [1.82, 2.24) is 4.90 Å². The molecule has 0 aliphatic carbocycles. The number of hydrogen-bond donors (Lipinski definition) is 1. The van der Waals surface area contributed by atoms with Crippen molar-refractivity contribution < 1.29 is 23.1 Å². The number of nitriles is 1. The van der Waals surface area contributed by atoms with E-state index in [1.54, 1.807) is 13.0 Å². The lowest BCUT2D eigenvalue weighted by Gasteiger charge is -2.31. The molecule has 8 heteroatoms. The van der Waals surface area contributed by atoms with Crippen LogP contribution in [-0.2, 0) is 12.7 Å². The summed E-state index contributed by atoms with van der Waals surface area (Å²) in [4.78, 5) is 15.7. The summed E-state index contributed by atoms with van der Waals surface area (Å²) < 4.78 is 40.3. The predicted molar refractivity (Wildman–Crippen MR) is 135 cm³/mol. The molecule has 3 aromatic rings. The highest BCUT2D eigenvalue weighted by Gasteiger charge is 2.33. The molecule has 1 amide bonds. The molecule has 3 aromatic carbocycles. The van der Waals surface area contributed by atoms with Crippen LogP contribution in [0.5, 0.6) is 0 Å². The first kappa shape index (κ1) is 26.9. The molecule has 0 saturated carbocycles. The molecule has 5 nitrogen and oxygen atoms in total. The number of nitrogens with zero attached hydrogens (tertiary/aromatic N) is 3. The van der Waals surface area contributed by atoms with Crippen LogP contribution >= 0.6 is 0 Å². The summed E-state index contributed by atoms with van der Waals surface area (Å²) in [5, 5.41) is 21.3. The minimum Gasteiger partial charge on any atom is -0.465 e. The van der Waals surface area contributed by atoms with E-state index in [1.807, 2.05) is 43.3 Å². The Kier molecular flexibility index (Phi) is 8.46. The number of carbonyl (C=O) groups is 1. The molecule has 1 atom stereocenters. The van der Waals surface area contributed by atoms with Crippen molar-refractivity contribution in [3.05, 3.63) is 76.9 Å². The first-order chi connectivity index (χ1) is 17.1. The van der Waals surface area contributed by atoms with Crippen LogP contribution in [0.3, 0.4) is 0 Å². The van der Waals surface area contributed by atoms with Gasteiger partial charge in [-0.25, -0.2) is 4.79 Å². The maximum absolute atomic E-state index is 13.4. The number of anilines is 1. The molecule has 0 radical (unpaired) electrons. The minimum absolute atomic E-state index is 0.0164. The van der Waals surface area contributed by atoms with Crippen molar-refractivity contribution in [2.24, 2.45) is 0 Å². The average Bonchev–Trinajstić information content (AvgIpc) is 2.86. The maximum Gasteiger partial charge on any atom is 0.416 e. The van der Waals surface area contributed by atoms with Gasteiger partial charge in [-0.15, -0.1) is 0 Å². The molecule has 0 fully saturated rings. The number of halogens is 3. The molecular formula is C28H30F3N3O2. The zero-order valence-corrected chi connectivity index (χ0v) is 20.6. The summed E-state index contributed by atoms with van der Waals surface area (Å²) in [6.45, 7) is 7.21. The van der Waals surface area contributed by atoms with E-state index in [0.29, 0.717) is 0 Å². The fourth-order valence-corrected chi connectivity index (χ4v) is 4.35. The van der Waals surface area contributed by atoms with E-state index in [0.717, 1.165) is 65.0 Å². The van der Waals surface area contributed by atoms with Crippen molar-refractivity contribution in [2.45, 2.75) is 52.4 Å². The zero-order chi connectivity index (χ0) is 26.5. The highest BCUT2D eigenvalue weighted by Crippen LogP contribution is 2.35. The SMILES string of the molecule is CCCCN(CC)c1cc2ccccc2cc1CN(C(=O)O)C(C)c1cc(C#N)cc(C(F)(F)F)c1. The molecule has 0 aromatic heterocycles. The van der Waals surface area contributed by atoms with Crippen LogP contribution in [-0.4, -0.2) is 29.2 Å². The normalized spacial score (nSPS) is 12.2. The molecule has 36 heavy (non-hydrogen) atoms. The fraction of sp³-hybridized carbons (Fsp3) is 0.357. The van der Waals surface area contributed by atoms with Gasteiger partial charge in [0, 0.05) is 18.8 Å². The van der Waals surface area contributed by atoms with E-state index in [4.69, 9.17) is 0 Å². The number of alkyl halides is 3. The number of benzene rings is 3. The lowest BCUT2D eigenvalue weighted by Crippen LogP contribution is -2.33. The summed E-state index contributed by atoms with van der Waals surface area (Å²) in [6, 6.07) is 15.6. The third-order valence-electron chi connectivity index (χ3n) is 6.40. The summed E-state index contributed by atoms with van der Waals surface area (Å²) in [7, 11) is 0. The van der Waals surface area contributed by atoms with E-state index in [-0.39, 0.29) is 17.7 Å². The molecule has 0 aliphatic heterocycles. The Balaban J connectivity index is 2.08. The van der Waals surface area contributed by atoms with Gasteiger partial charge >= 0.3 is 12.3 Å². The minimum atomic E-state index is -4.65. The van der Waals surface area contributed by atoms with Crippen molar-refractivity contribution in [2.75, 3.05) is 18.0 Å². The monoisotopic (exact) mass is 497 g/mol. The molecule has 0 aliphatic rings. The standard InChI is InChI=1S/C28H30F3N3O2/c1-4-6-11-33(5-2)26-16-22-10-8-7-9-21(22)14-24(26)18-34(27(35)36)19(3)23-12-20(17-32)13-25(15-23)28(29,30)31/h7-10,12-16,19H,4-6,11,18H2,1-3H3,(H,35,36). The molecular weight excluding hydrogens is 467 g/mol. The fourth-order valence-electron chi connectivity index (χ4n) is 4.35. The average molecular weight is 498 g/mol. The third kappa shape index (κ3) is 6.09. The smallest absolute Gasteiger partial charge is 0.416 e. The molecule has 0 saturated heterocycles. The highest BCUT2D eigenvalue weighted by atomic mass is 19.4. The number of amides is 1. The Morgan fingerprint density at radius 3 is 2.31 bits per heavy atom. The van der Waals surface area contributed by atoms with E-state index in [1.165, 1.54) is 6.07 Å². The largest absolute Gasteiger partial charge is 0.465 e. The number of carboxylic acid groups (broad SMARTS) is 1. The summed E-state index contributed by atoms with van der Waals surface area (Å²) in [5.74, 6) is 0. The second kappa shape index (κ2) is 11.3. The maximum atomic E-state index is 13.4. The predicted octanol–water partition coefficient (Wildman–Crippen LogP) is 7.60. The van der Waals surface area contributed by atoms with Gasteiger partial charge in [0.1, 0.15) is 0 Å². The Hall–Kier alpha value is -3.73.